The van der Waals surface area contributed by atoms with Gasteiger partial charge in [0.2, 0.25) is 0 Å². The second-order valence-corrected chi connectivity index (χ2v) is 4.51. The van der Waals surface area contributed by atoms with Crippen LogP contribution in [-0.4, -0.2) is 36.2 Å². The minimum atomic E-state index is 0.561. The molecular weight excluding hydrogens is 214 g/mol. The average molecular weight is 235 g/mol. The molecule has 0 aromatic carbocycles. The molecule has 0 unspecified atom stereocenters. The van der Waals surface area contributed by atoms with Crippen molar-refractivity contribution in [1.82, 2.24) is 9.88 Å². The van der Waals surface area contributed by atoms with Crippen molar-refractivity contribution in [3.63, 3.8) is 0 Å². The van der Waals surface area contributed by atoms with E-state index in [9.17, 15) is 0 Å². The van der Waals surface area contributed by atoms with Crippen molar-refractivity contribution in [2.45, 2.75) is 32.0 Å². The van der Waals surface area contributed by atoms with Crippen molar-refractivity contribution in [2.75, 3.05) is 20.3 Å². The van der Waals surface area contributed by atoms with Crippen LogP contribution < -0.4 is 5.73 Å². The smallest absolute Gasteiger partial charge is 0.0589 e. The predicted octanol–water partition coefficient (Wildman–Crippen LogP) is 1.15. The first-order valence-electron chi connectivity index (χ1n) is 6.21. The third-order valence-electron chi connectivity index (χ3n) is 3.20. The summed E-state index contributed by atoms with van der Waals surface area (Å²) in [7, 11) is 1.75. The Morgan fingerprint density at radius 1 is 1.53 bits per heavy atom. The predicted molar refractivity (Wildman–Crippen MR) is 67.4 cm³/mol. The SMILES string of the molecule is COCCN(Cc1ncccc1CN)C1CC1. The molecule has 4 nitrogen and oxygen atoms in total. The molecule has 1 aliphatic carbocycles. The number of pyridine rings is 1. The van der Waals surface area contributed by atoms with Crippen LogP contribution in [0.3, 0.4) is 0 Å². The zero-order valence-corrected chi connectivity index (χ0v) is 10.4. The molecule has 4 heteroatoms. The van der Waals surface area contributed by atoms with Crippen LogP contribution in [0.5, 0.6) is 0 Å². The van der Waals surface area contributed by atoms with E-state index in [1.54, 1.807) is 7.11 Å². The maximum Gasteiger partial charge on any atom is 0.0589 e. The van der Waals surface area contributed by atoms with E-state index in [0.717, 1.165) is 37.0 Å². The molecular formula is C13H21N3O. The van der Waals surface area contributed by atoms with E-state index in [4.69, 9.17) is 10.5 Å². The highest BCUT2D eigenvalue weighted by molar-refractivity contribution is 5.19. The molecule has 1 fully saturated rings. The topological polar surface area (TPSA) is 51.4 Å². The van der Waals surface area contributed by atoms with Crippen LogP contribution >= 0.6 is 0 Å². The Bertz CT molecular complexity index is 352. The normalized spacial score (nSPS) is 15.5. The molecule has 0 radical (unpaired) electrons. The monoisotopic (exact) mass is 235 g/mol. The molecule has 0 atom stereocenters. The molecule has 94 valence electrons. The van der Waals surface area contributed by atoms with Gasteiger partial charge >= 0.3 is 0 Å². The van der Waals surface area contributed by atoms with Gasteiger partial charge in [0, 0.05) is 39.0 Å². The van der Waals surface area contributed by atoms with Crippen LogP contribution in [0.2, 0.25) is 0 Å². The van der Waals surface area contributed by atoms with Crippen LogP contribution in [0.4, 0.5) is 0 Å². The highest BCUT2D eigenvalue weighted by atomic mass is 16.5. The molecule has 1 aliphatic rings. The molecule has 0 aliphatic heterocycles. The van der Waals surface area contributed by atoms with E-state index in [0.29, 0.717) is 6.54 Å². The molecule has 0 amide bonds. The van der Waals surface area contributed by atoms with Crippen molar-refractivity contribution in [2.24, 2.45) is 5.73 Å². The Morgan fingerprint density at radius 3 is 3.00 bits per heavy atom. The van der Waals surface area contributed by atoms with Crippen LogP contribution in [0.25, 0.3) is 0 Å². The summed E-state index contributed by atoms with van der Waals surface area (Å²) in [5, 5.41) is 0. The molecule has 1 aromatic rings. The molecule has 1 aromatic heterocycles. The minimum absolute atomic E-state index is 0.561. The third kappa shape index (κ3) is 3.49. The fourth-order valence-electron chi connectivity index (χ4n) is 2.03. The van der Waals surface area contributed by atoms with Gasteiger partial charge in [-0.2, -0.15) is 0 Å². The van der Waals surface area contributed by atoms with E-state index >= 15 is 0 Å². The van der Waals surface area contributed by atoms with E-state index < -0.39 is 0 Å². The van der Waals surface area contributed by atoms with E-state index in [1.165, 1.54) is 12.8 Å². The number of methoxy groups -OCH3 is 1. The Labute approximate surface area is 103 Å². The zero-order chi connectivity index (χ0) is 12.1. The fourth-order valence-corrected chi connectivity index (χ4v) is 2.03. The van der Waals surface area contributed by atoms with Gasteiger partial charge in [-0.05, 0) is 24.5 Å². The van der Waals surface area contributed by atoms with Gasteiger partial charge in [-0.3, -0.25) is 9.88 Å². The van der Waals surface area contributed by atoms with Gasteiger partial charge in [-0.1, -0.05) is 6.07 Å². The van der Waals surface area contributed by atoms with Crippen molar-refractivity contribution in [1.29, 1.82) is 0 Å². The largest absolute Gasteiger partial charge is 0.383 e. The molecule has 0 bridgehead atoms. The lowest BCUT2D eigenvalue weighted by molar-refractivity contribution is 0.138. The summed E-state index contributed by atoms with van der Waals surface area (Å²) in [6.07, 6.45) is 4.44. The van der Waals surface area contributed by atoms with Crippen molar-refractivity contribution < 1.29 is 4.74 Å². The van der Waals surface area contributed by atoms with E-state index in [1.807, 2.05) is 12.3 Å². The summed E-state index contributed by atoms with van der Waals surface area (Å²) < 4.78 is 5.16. The first kappa shape index (κ1) is 12.5. The van der Waals surface area contributed by atoms with Gasteiger partial charge in [0.15, 0.2) is 0 Å². The number of hydrogen-bond donors (Lipinski definition) is 1. The average Bonchev–Trinajstić information content (AvgIpc) is 3.19. The lowest BCUT2D eigenvalue weighted by atomic mass is 10.2. The standard InChI is InChI=1S/C13H21N3O/c1-17-8-7-16(12-4-5-12)10-13-11(9-14)3-2-6-15-13/h2-3,6,12H,4-5,7-10,14H2,1H3. The second-order valence-electron chi connectivity index (χ2n) is 4.51. The number of rotatable bonds is 7. The highest BCUT2D eigenvalue weighted by Crippen LogP contribution is 2.28. The summed E-state index contributed by atoms with van der Waals surface area (Å²) in [6, 6.07) is 4.73. The van der Waals surface area contributed by atoms with Gasteiger partial charge in [-0.15, -0.1) is 0 Å². The van der Waals surface area contributed by atoms with Crippen LogP contribution in [0.1, 0.15) is 24.1 Å². The Balaban J connectivity index is 2.00. The Hall–Kier alpha value is -0.970. The Kier molecular flexibility index (Phi) is 4.48. The van der Waals surface area contributed by atoms with E-state index in [2.05, 4.69) is 16.0 Å². The molecule has 2 rings (SSSR count). The number of hydrogen-bond acceptors (Lipinski definition) is 4. The molecule has 0 spiro atoms. The van der Waals surface area contributed by atoms with Crippen molar-refractivity contribution in [3.05, 3.63) is 29.6 Å². The van der Waals surface area contributed by atoms with Gasteiger partial charge in [-0.25, -0.2) is 0 Å². The molecule has 17 heavy (non-hydrogen) atoms. The van der Waals surface area contributed by atoms with Gasteiger partial charge in [0.25, 0.3) is 0 Å². The van der Waals surface area contributed by atoms with E-state index in [-0.39, 0.29) is 0 Å². The summed E-state index contributed by atoms with van der Waals surface area (Å²) >= 11 is 0. The van der Waals surface area contributed by atoms with Gasteiger partial charge < -0.3 is 10.5 Å². The quantitative estimate of drug-likeness (QED) is 0.770. The van der Waals surface area contributed by atoms with Gasteiger partial charge in [0.1, 0.15) is 0 Å². The molecule has 0 saturated heterocycles. The fraction of sp³-hybridized carbons (Fsp3) is 0.615. The summed E-state index contributed by atoms with van der Waals surface area (Å²) in [6.45, 7) is 3.20. The molecule has 1 saturated carbocycles. The van der Waals surface area contributed by atoms with Crippen molar-refractivity contribution >= 4 is 0 Å². The van der Waals surface area contributed by atoms with Crippen LogP contribution in [0.15, 0.2) is 18.3 Å². The highest BCUT2D eigenvalue weighted by Gasteiger charge is 2.29. The second kappa shape index (κ2) is 6.10. The lowest BCUT2D eigenvalue weighted by Crippen LogP contribution is -2.30. The molecule has 1 heterocycles. The maximum atomic E-state index is 5.74. The third-order valence-corrected chi connectivity index (χ3v) is 3.20. The number of aromatic nitrogens is 1. The van der Waals surface area contributed by atoms with Crippen molar-refractivity contribution in [3.8, 4) is 0 Å². The lowest BCUT2D eigenvalue weighted by Gasteiger charge is -2.22. The first-order chi connectivity index (χ1) is 8.35. The van der Waals surface area contributed by atoms with Crippen LogP contribution in [0, 0.1) is 0 Å². The minimum Gasteiger partial charge on any atom is -0.383 e. The van der Waals surface area contributed by atoms with Gasteiger partial charge in [0.05, 0.1) is 12.3 Å². The number of nitrogens with zero attached hydrogens (tertiary/aromatic N) is 2. The molecule has 2 N–H and O–H groups in total. The summed E-state index contributed by atoms with van der Waals surface area (Å²) in [4.78, 5) is 6.89. The number of ether oxygens (including phenoxy) is 1. The number of nitrogens with two attached hydrogens (primary N) is 1. The summed E-state index contributed by atoms with van der Waals surface area (Å²) in [5.41, 5.74) is 7.99. The Morgan fingerprint density at radius 2 is 2.35 bits per heavy atom. The summed E-state index contributed by atoms with van der Waals surface area (Å²) in [5.74, 6) is 0. The van der Waals surface area contributed by atoms with Crippen LogP contribution in [-0.2, 0) is 17.8 Å². The maximum absolute atomic E-state index is 5.74. The first-order valence-corrected chi connectivity index (χ1v) is 6.21. The zero-order valence-electron chi connectivity index (χ0n) is 10.4.